The largest absolute Gasteiger partial charge is 0.385 e. The van der Waals surface area contributed by atoms with Crippen molar-refractivity contribution in [2.75, 3.05) is 11.9 Å². The summed E-state index contributed by atoms with van der Waals surface area (Å²) in [6.07, 6.45) is 5.22. The highest BCUT2D eigenvalue weighted by Crippen LogP contribution is 2.28. The Bertz CT molecular complexity index is 751. The Labute approximate surface area is 167 Å². The molecule has 3 nitrogen and oxygen atoms in total. The Morgan fingerprint density at radius 2 is 1.85 bits per heavy atom. The molecule has 0 aromatic heterocycles. The number of hydrogen-bond acceptors (Lipinski definition) is 4. The van der Waals surface area contributed by atoms with Gasteiger partial charge in [0.2, 0.25) is 0 Å². The van der Waals surface area contributed by atoms with E-state index < -0.39 is 0 Å². The number of allylic oxidation sites excluding steroid dienone is 2. The van der Waals surface area contributed by atoms with Crippen molar-refractivity contribution < 1.29 is 0 Å². The molecule has 0 aliphatic heterocycles. The summed E-state index contributed by atoms with van der Waals surface area (Å²) in [6, 6.07) is 19.1. The third-order valence-corrected chi connectivity index (χ3v) is 5.21. The zero-order valence-corrected chi connectivity index (χ0v) is 17.0. The predicted octanol–water partition coefficient (Wildman–Crippen LogP) is 6.14. The Hall–Kier alpha value is -2.46. The summed E-state index contributed by atoms with van der Waals surface area (Å²) in [5.41, 5.74) is 3.63. The number of benzene rings is 2. The van der Waals surface area contributed by atoms with E-state index in [0.29, 0.717) is 0 Å². The van der Waals surface area contributed by atoms with Crippen LogP contribution in [0, 0.1) is 5.41 Å². The van der Waals surface area contributed by atoms with Crippen LogP contribution in [0.1, 0.15) is 37.4 Å². The van der Waals surface area contributed by atoms with Crippen molar-refractivity contribution in [1.29, 1.82) is 5.41 Å². The van der Waals surface area contributed by atoms with E-state index in [-0.39, 0.29) is 6.04 Å². The first-order chi connectivity index (χ1) is 13.1. The standard InChI is InChI=1S/C23H29N3S/c1-4-23(17-20-11-13-22(14-12-20)25-16-8-15-24)27-19(3)26-18(2)21-9-6-5-7-10-21/h4-7,9-15,18,24-26H,3,8,16-17H2,1-2H3/b23-4-,24-15?. The summed E-state index contributed by atoms with van der Waals surface area (Å²) in [4.78, 5) is 1.28. The molecule has 3 N–H and O–H groups in total. The molecule has 2 aromatic rings. The molecule has 27 heavy (non-hydrogen) atoms. The first-order valence-corrected chi connectivity index (χ1v) is 10.1. The van der Waals surface area contributed by atoms with Crippen molar-refractivity contribution in [3.05, 3.63) is 88.3 Å². The highest BCUT2D eigenvalue weighted by molar-refractivity contribution is 8.06. The smallest absolute Gasteiger partial charge is 0.0658 e. The minimum Gasteiger partial charge on any atom is -0.385 e. The Morgan fingerprint density at radius 1 is 1.15 bits per heavy atom. The Balaban J connectivity index is 1.86. The molecule has 2 aromatic carbocycles. The van der Waals surface area contributed by atoms with Crippen molar-refractivity contribution in [2.24, 2.45) is 0 Å². The van der Waals surface area contributed by atoms with Crippen molar-refractivity contribution in [2.45, 2.75) is 32.7 Å². The van der Waals surface area contributed by atoms with Crippen LogP contribution in [0.3, 0.4) is 0 Å². The van der Waals surface area contributed by atoms with Gasteiger partial charge >= 0.3 is 0 Å². The maximum Gasteiger partial charge on any atom is 0.0658 e. The molecule has 0 saturated heterocycles. The van der Waals surface area contributed by atoms with Crippen molar-refractivity contribution >= 4 is 23.7 Å². The number of thioether (sulfide) groups is 1. The molecule has 0 bridgehead atoms. The van der Waals surface area contributed by atoms with Gasteiger partial charge in [-0.1, -0.05) is 66.9 Å². The maximum atomic E-state index is 7.06. The molecule has 1 unspecified atom stereocenters. The van der Waals surface area contributed by atoms with Gasteiger partial charge in [0.25, 0.3) is 0 Å². The summed E-state index contributed by atoms with van der Waals surface area (Å²) in [5, 5.41) is 14.8. The van der Waals surface area contributed by atoms with E-state index in [4.69, 9.17) is 5.41 Å². The summed E-state index contributed by atoms with van der Waals surface area (Å²) in [6.45, 7) is 9.21. The van der Waals surface area contributed by atoms with E-state index in [9.17, 15) is 0 Å². The van der Waals surface area contributed by atoms with Crippen molar-refractivity contribution in [3.63, 3.8) is 0 Å². The fourth-order valence-corrected chi connectivity index (χ4v) is 3.59. The second-order valence-corrected chi connectivity index (χ2v) is 7.57. The van der Waals surface area contributed by atoms with Crippen LogP contribution in [-0.4, -0.2) is 12.8 Å². The molecule has 0 saturated carbocycles. The molecule has 1 atom stereocenters. The molecule has 0 spiro atoms. The molecule has 0 amide bonds. The molecule has 0 fully saturated rings. The lowest BCUT2D eigenvalue weighted by molar-refractivity contribution is 0.680. The number of hydrogen-bond donors (Lipinski definition) is 3. The lowest BCUT2D eigenvalue weighted by Gasteiger charge is -2.18. The molecule has 2 rings (SSSR count). The minimum absolute atomic E-state index is 0.232. The minimum atomic E-state index is 0.232. The van der Waals surface area contributed by atoms with E-state index in [0.717, 1.165) is 30.1 Å². The van der Waals surface area contributed by atoms with Crippen LogP contribution in [0.15, 0.2) is 77.2 Å². The molecule has 0 aliphatic rings. The van der Waals surface area contributed by atoms with Crippen LogP contribution in [0.2, 0.25) is 0 Å². The van der Waals surface area contributed by atoms with Crippen molar-refractivity contribution in [3.8, 4) is 0 Å². The van der Waals surface area contributed by atoms with Crippen LogP contribution in [-0.2, 0) is 6.42 Å². The van der Waals surface area contributed by atoms with Crippen molar-refractivity contribution in [1.82, 2.24) is 5.32 Å². The second-order valence-electron chi connectivity index (χ2n) is 6.35. The summed E-state index contributed by atoms with van der Waals surface area (Å²) in [5.74, 6) is 0. The summed E-state index contributed by atoms with van der Waals surface area (Å²) < 4.78 is 0. The topological polar surface area (TPSA) is 47.9 Å². The third-order valence-electron chi connectivity index (χ3n) is 4.20. The van der Waals surface area contributed by atoms with E-state index in [1.54, 1.807) is 11.8 Å². The summed E-state index contributed by atoms with van der Waals surface area (Å²) in [7, 11) is 0. The first kappa shape index (κ1) is 20.8. The predicted molar refractivity (Wildman–Crippen MR) is 121 cm³/mol. The monoisotopic (exact) mass is 379 g/mol. The number of rotatable bonds is 11. The molecule has 4 heteroatoms. The van der Waals surface area contributed by atoms with Gasteiger partial charge in [0.15, 0.2) is 0 Å². The van der Waals surface area contributed by atoms with E-state index >= 15 is 0 Å². The zero-order chi connectivity index (χ0) is 19.5. The SMILES string of the molecule is C=C(NC(C)c1ccccc1)S/C(=C\C)Cc1ccc(NCCC=N)cc1. The highest BCUT2D eigenvalue weighted by Gasteiger charge is 2.08. The number of anilines is 1. The summed E-state index contributed by atoms with van der Waals surface area (Å²) >= 11 is 1.70. The van der Waals surface area contributed by atoms with Gasteiger partial charge in [0, 0.05) is 24.7 Å². The van der Waals surface area contributed by atoms with Crippen LogP contribution < -0.4 is 10.6 Å². The number of nitrogens with one attached hydrogen (secondary N) is 3. The molecular weight excluding hydrogens is 350 g/mol. The molecular formula is C23H29N3S. The fraction of sp³-hybridized carbons (Fsp3) is 0.261. The lowest BCUT2D eigenvalue weighted by Crippen LogP contribution is -2.15. The van der Waals surface area contributed by atoms with E-state index in [2.05, 4.69) is 85.7 Å². The van der Waals surface area contributed by atoms with Crippen LogP contribution in [0.5, 0.6) is 0 Å². The zero-order valence-electron chi connectivity index (χ0n) is 16.2. The van der Waals surface area contributed by atoms with Crippen LogP contribution in [0.4, 0.5) is 5.69 Å². The van der Waals surface area contributed by atoms with Gasteiger partial charge in [-0.2, -0.15) is 0 Å². The van der Waals surface area contributed by atoms with Gasteiger partial charge in [-0.3, -0.25) is 0 Å². The fourth-order valence-electron chi connectivity index (χ4n) is 2.68. The van der Waals surface area contributed by atoms with Crippen LogP contribution >= 0.6 is 11.8 Å². The lowest BCUT2D eigenvalue weighted by atomic mass is 10.1. The normalized spacial score (nSPS) is 12.3. The van der Waals surface area contributed by atoms with Gasteiger partial charge in [-0.05, 0) is 54.6 Å². The van der Waals surface area contributed by atoms with Gasteiger partial charge in [-0.15, -0.1) is 0 Å². The molecule has 0 radical (unpaired) electrons. The molecule has 142 valence electrons. The molecule has 0 aliphatic carbocycles. The first-order valence-electron chi connectivity index (χ1n) is 9.27. The van der Waals surface area contributed by atoms with Crippen LogP contribution in [0.25, 0.3) is 0 Å². The Morgan fingerprint density at radius 3 is 2.48 bits per heavy atom. The van der Waals surface area contributed by atoms with Gasteiger partial charge < -0.3 is 16.0 Å². The maximum absolute atomic E-state index is 7.06. The van der Waals surface area contributed by atoms with Gasteiger partial charge in [0.1, 0.15) is 0 Å². The average molecular weight is 380 g/mol. The van der Waals surface area contributed by atoms with E-state index in [1.807, 2.05) is 6.07 Å². The third kappa shape index (κ3) is 7.35. The van der Waals surface area contributed by atoms with E-state index in [1.165, 1.54) is 22.2 Å². The quantitative estimate of drug-likeness (QED) is 0.325. The van der Waals surface area contributed by atoms with Gasteiger partial charge in [-0.25, -0.2) is 0 Å². The Kier molecular flexibility index (Phi) is 8.72. The molecule has 0 heterocycles. The average Bonchev–Trinajstić information content (AvgIpc) is 2.69. The van der Waals surface area contributed by atoms with Gasteiger partial charge in [0.05, 0.1) is 5.03 Å². The second kappa shape index (κ2) is 11.3. The highest BCUT2D eigenvalue weighted by atomic mass is 32.2.